The van der Waals surface area contributed by atoms with E-state index >= 15 is 0 Å². The Morgan fingerprint density at radius 3 is 2.27 bits per heavy atom. The Morgan fingerprint density at radius 1 is 0.933 bits per heavy atom. The van der Waals surface area contributed by atoms with Crippen LogP contribution in [0.2, 0.25) is 5.02 Å². The summed E-state index contributed by atoms with van der Waals surface area (Å²) in [6, 6.07) is 25.8. The van der Waals surface area contributed by atoms with Crippen molar-refractivity contribution in [1.29, 1.82) is 0 Å². The van der Waals surface area contributed by atoms with E-state index in [0.717, 1.165) is 22.5 Å². The minimum absolute atomic E-state index is 0.161. The van der Waals surface area contributed by atoms with Crippen LogP contribution in [0.4, 0.5) is 0 Å². The molecule has 0 aliphatic carbocycles. The van der Waals surface area contributed by atoms with Gasteiger partial charge in [0.05, 0.1) is 16.3 Å². The Morgan fingerprint density at radius 2 is 1.60 bits per heavy atom. The van der Waals surface area contributed by atoms with Crippen molar-refractivity contribution in [3.63, 3.8) is 0 Å². The van der Waals surface area contributed by atoms with Crippen LogP contribution in [0.1, 0.15) is 5.56 Å². The molecule has 4 aromatic rings. The zero-order valence-electron chi connectivity index (χ0n) is 16.3. The highest BCUT2D eigenvalue weighted by Gasteiger charge is 2.23. The zero-order valence-corrected chi connectivity index (χ0v) is 17.9. The maximum atomic E-state index is 13.1. The SMILES string of the molecule is CN(Cc1cn(-c2ccccc2)nc1-c1ccccc1)S(=O)(=O)c1cccc(Cl)c1. The number of hydrogen-bond acceptors (Lipinski definition) is 3. The van der Waals surface area contributed by atoms with Gasteiger partial charge in [0.2, 0.25) is 10.0 Å². The van der Waals surface area contributed by atoms with E-state index in [9.17, 15) is 8.42 Å². The Balaban J connectivity index is 1.73. The third-order valence-corrected chi connectivity index (χ3v) is 6.79. The summed E-state index contributed by atoms with van der Waals surface area (Å²) >= 11 is 6.00. The maximum absolute atomic E-state index is 13.1. The van der Waals surface area contributed by atoms with Gasteiger partial charge in [-0.2, -0.15) is 9.40 Å². The first-order chi connectivity index (χ1) is 14.4. The van der Waals surface area contributed by atoms with Gasteiger partial charge in [0.15, 0.2) is 0 Å². The maximum Gasteiger partial charge on any atom is 0.243 e. The van der Waals surface area contributed by atoms with E-state index in [1.54, 1.807) is 29.9 Å². The van der Waals surface area contributed by atoms with Crippen LogP contribution >= 0.6 is 11.6 Å². The van der Waals surface area contributed by atoms with Gasteiger partial charge in [-0.3, -0.25) is 0 Å². The summed E-state index contributed by atoms with van der Waals surface area (Å²) in [4.78, 5) is 0.161. The van der Waals surface area contributed by atoms with E-state index in [1.165, 1.54) is 10.4 Å². The Bertz CT molecular complexity index is 1260. The lowest BCUT2D eigenvalue weighted by molar-refractivity contribution is 0.467. The average molecular weight is 438 g/mol. The van der Waals surface area contributed by atoms with E-state index in [1.807, 2.05) is 66.9 Å². The number of rotatable bonds is 6. The monoisotopic (exact) mass is 437 g/mol. The first-order valence-electron chi connectivity index (χ1n) is 9.36. The molecule has 0 saturated carbocycles. The molecule has 0 fully saturated rings. The van der Waals surface area contributed by atoms with Crippen molar-refractivity contribution in [3.8, 4) is 16.9 Å². The van der Waals surface area contributed by atoms with Gasteiger partial charge in [-0.05, 0) is 30.3 Å². The molecule has 7 heteroatoms. The molecule has 0 saturated heterocycles. The molecule has 0 bridgehead atoms. The third kappa shape index (κ3) is 4.16. The normalized spacial score (nSPS) is 11.7. The second-order valence-electron chi connectivity index (χ2n) is 6.87. The van der Waals surface area contributed by atoms with Gasteiger partial charge in [0.1, 0.15) is 0 Å². The molecule has 0 amide bonds. The Labute approximate surface area is 181 Å². The van der Waals surface area contributed by atoms with Crippen molar-refractivity contribution in [1.82, 2.24) is 14.1 Å². The zero-order chi connectivity index (χ0) is 21.1. The highest BCUT2D eigenvalue weighted by molar-refractivity contribution is 7.89. The van der Waals surface area contributed by atoms with Crippen LogP contribution in [-0.4, -0.2) is 29.6 Å². The quantitative estimate of drug-likeness (QED) is 0.426. The minimum Gasteiger partial charge on any atom is -0.240 e. The molecule has 3 aromatic carbocycles. The topological polar surface area (TPSA) is 55.2 Å². The summed E-state index contributed by atoms with van der Waals surface area (Å²) in [5, 5.41) is 5.13. The van der Waals surface area contributed by atoms with Crippen LogP contribution in [0.15, 0.2) is 96.0 Å². The van der Waals surface area contributed by atoms with Gasteiger partial charge in [-0.15, -0.1) is 0 Å². The van der Waals surface area contributed by atoms with E-state index < -0.39 is 10.0 Å². The molecule has 0 spiro atoms. The summed E-state index contributed by atoms with van der Waals surface area (Å²) in [5.41, 5.74) is 3.38. The molecule has 0 aliphatic rings. The van der Waals surface area contributed by atoms with Crippen molar-refractivity contribution >= 4 is 21.6 Å². The Kier molecular flexibility index (Phi) is 5.72. The van der Waals surface area contributed by atoms with Gasteiger partial charge >= 0.3 is 0 Å². The number of para-hydroxylation sites is 1. The minimum atomic E-state index is -3.70. The lowest BCUT2D eigenvalue weighted by atomic mass is 10.1. The second kappa shape index (κ2) is 8.44. The standard InChI is InChI=1S/C23H20ClN3O2S/c1-26(30(28,29)22-14-8-11-20(24)15-22)16-19-17-27(21-12-6-3-7-13-21)25-23(19)18-9-4-2-5-10-18/h2-15,17H,16H2,1H3. The number of nitrogens with zero attached hydrogens (tertiary/aromatic N) is 3. The summed E-state index contributed by atoms with van der Waals surface area (Å²) in [6.07, 6.45) is 1.88. The number of aromatic nitrogens is 2. The molecule has 0 radical (unpaired) electrons. The first kappa shape index (κ1) is 20.3. The van der Waals surface area contributed by atoms with Crippen LogP contribution in [0.3, 0.4) is 0 Å². The fraction of sp³-hybridized carbons (Fsp3) is 0.0870. The van der Waals surface area contributed by atoms with Crippen molar-refractivity contribution in [2.75, 3.05) is 7.05 Å². The van der Waals surface area contributed by atoms with Crippen molar-refractivity contribution in [2.45, 2.75) is 11.4 Å². The molecule has 1 heterocycles. The van der Waals surface area contributed by atoms with Crippen LogP contribution in [0.5, 0.6) is 0 Å². The lowest BCUT2D eigenvalue weighted by Crippen LogP contribution is -2.26. The summed E-state index contributed by atoms with van der Waals surface area (Å²) in [5.74, 6) is 0. The molecule has 30 heavy (non-hydrogen) atoms. The fourth-order valence-corrected chi connectivity index (χ4v) is 4.66. The number of sulfonamides is 1. The molecular formula is C23H20ClN3O2S. The number of benzene rings is 3. The smallest absolute Gasteiger partial charge is 0.240 e. The highest BCUT2D eigenvalue weighted by Crippen LogP contribution is 2.27. The second-order valence-corrected chi connectivity index (χ2v) is 9.35. The van der Waals surface area contributed by atoms with Crippen LogP contribution in [0.25, 0.3) is 16.9 Å². The Hall–Kier alpha value is -2.93. The lowest BCUT2D eigenvalue weighted by Gasteiger charge is -2.17. The summed E-state index contributed by atoms with van der Waals surface area (Å²) < 4.78 is 29.2. The molecule has 5 nitrogen and oxygen atoms in total. The average Bonchev–Trinajstić information content (AvgIpc) is 3.19. The van der Waals surface area contributed by atoms with Crippen LogP contribution in [-0.2, 0) is 16.6 Å². The number of hydrogen-bond donors (Lipinski definition) is 0. The third-order valence-electron chi connectivity index (χ3n) is 4.76. The fourth-order valence-electron chi connectivity index (χ4n) is 3.21. The van der Waals surface area contributed by atoms with E-state index in [0.29, 0.717) is 5.02 Å². The molecule has 0 N–H and O–H groups in total. The van der Waals surface area contributed by atoms with Gasteiger partial charge in [-0.1, -0.05) is 66.2 Å². The summed E-state index contributed by atoms with van der Waals surface area (Å²) in [6.45, 7) is 0.173. The molecular weight excluding hydrogens is 418 g/mol. The molecule has 152 valence electrons. The largest absolute Gasteiger partial charge is 0.243 e. The van der Waals surface area contributed by atoms with Crippen molar-refractivity contribution in [2.24, 2.45) is 0 Å². The summed E-state index contributed by atoms with van der Waals surface area (Å²) in [7, 11) is -2.14. The highest BCUT2D eigenvalue weighted by atomic mass is 35.5. The number of halogens is 1. The van der Waals surface area contributed by atoms with Gasteiger partial charge in [0, 0.05) is 35.9 Å². The van der Waals surface area contributed by atoms with E-state index in [-0.39, 0.29) is 11.4 Å². The van der Waals surface area contributed by atoms with Crippen molar-refractivity contribution in [3.05, 3.63) is 102 Å². The predicted molar refractivity (Wildman–Crippen MR) is 119 cm³/mol. The van der Waals surface area contributed by atoms with E-state index in [4.69, 9.17) is 16.7 Å². The molecule has 0 aliphatic heterocycles. The molecule has 0 atom stereocenters. The van der Waals surface area contributed by atoms with Gasteiger partial charge in [-0.25, -0.2) is 13.1 Å². The predicted octanol–water partition coefficient (Wildman–Crippen LogP) is 5.01. The van der Waals surface area contributed by atoms with Crippen molar-refractivity contribution < 1.29 is 8.42 Å². The first-order valence-corrected chi connectivity index (χ1v) is 11.2. The molecule has 0 unspecified atom stereocenters. The van der Waals surface area contributed by atoms with Gasteiger partial charge in [0.25, 0.3) is 0 Å². The van der Waals surface area contributed by atoms with Crippen LogP contribution < -0.4 is 0 Å². The van der Waals surface area contributed by atoms with Crippen LogP contribution in [0, 0.1) is 0 Å². The van der Waals surface area contributed by atoms with Gasteiger partial charge < -0.3 is 0 Å². The molecule has 4 rings (SSSR count). The molecule has 1 aromatic heterocycles. The van der Waals surface area contributed by atoms with E-state index in [2.05, 4.69) is 0 Å².